The van der Waals surface area contributed by atoms with Crippen molar-refractivity contribution >= 4 is 17.4 Å². The second kappa shape index (κ2) is 5.77. The standard InChI is InChI=1S/C14H14N2O3/c1-19-13-8-4-11(5-9-13)16-14(18)15-10-2-6-12(17)7-3-10/h2-9,17H,1H3,(H2,15,16,18). The highest BCUT2D eigenvalue weighted by atomic mass is 16.5. The number of hydrogen-bond donors (Lipinski definition) is 3. The van der Waals surface area contributed by atoms with Crippen LogP contribution >= 0.6 is 0 Å². The summed E-state index contributed by atoms with van der Waals surface area (Å²) < 4.78 is 5.03. The zero-order chi connectivity index (χ0) is 13.7. The minimum atomic E-state index is -0.351. The smallest absolute Gasteiger partial charge is 0.323 e. The van der Waals surface area contributed by atoms with Crippen molar-refractivity contribution in [3.05, 3.63) is 48.5 Å². The first-order valence-corrected chi connectivity index (χ1v) is 5.68. The Bertz CT molecular complexity index is 550. The number of carbonyl (C=O) groups excluding carboxylic acids is 1. The van der Waals surface area contributed by atoms with Crippen LogP contribution in [0, 0.1) is 0 Å². The summed E-state index contributed by atoms with van der Waals surface area (Å²) in [7, 11) is 1.58. The fourth-order valence-corrected chi connectivity index (χ4v) is 1.51. The lowest BCUT2D eigenvalue weighted by atomic mass is 10.3. The van der Waals surface area contributed by atoms with E-state index in [-0.39, 0.29) is 11.8 Å². The number of amides is 2. The number of methoxy groups -OCH3 is 1. The van der Waals surface area contributed by atoms with Gasteiger partial charge in [-0.15, -0.1) is 0 Å². The van der Waals surface area contributed by atoms with Gasteiger partial charge in [-0.25, -0.2) is 4.79 Å². The van der Waals surface area contributed by atoms with Gasteiger partial charge < -0.3 is 20.5 Å². The van der Waals surface area contributed by atoms with Crippen molar-refractivity contribution in [2.75, 3.05) is 17.7 Å². The molecule has 3 N–H and O–H groups in total. The van der Waals surface area contributed by atoms with Gasteiger partial charge in [0.15, 0.2) is 0 Å². The number of anilines is 2. The number of carbonyl (C=O) groups is 1. The molecule has 19 heavy (non-hydrogen) atoms. The summed E-state index contributed by atoms with van der Waals surface area (Å²) in [5.41, 5.74) is 1.26. The molecular weight excluding hydrogens is 244 g/mol. The third kappa shape index (κ3) is 3.64. The van der Waals surface area contributed by atoms with E-state index >= 15 is 0 Å². The molecule has 2 rings (SSSR count). The molecule has 0 atom stereocenters. The van der Waals surface area contributed by atoms with Gasteiger partial charge in [-0.2, -0.15) is 0 Å². The lowest BCUT2D eigenvalue weighted by Gasteiger charge is -2.08. The van der Waals surface area contributed by atoms with Gasteiger partial charge >= 0.3 is 6.03 Å². The Kier molecular flexibility index (Phi) is 3.87. The molecule has 0 bridgehead atoms. The van der Waals surface area contributed by atoms with Crippen LogP contribution in [0.1, 0.15) is 0 Å². The van der Waals surface area contributed by atoms with E-state index < -0.39 is 0 Å². The maximum atomic E-state index is 11.7. The van der Waals surface area contributed by atoms with E-state index in [0.29, 0.717) is 11.4 Å². The largest absolute Gasteiger partial charge is 0.508 e. The second-order valence-corrected chi connectivity index (χ2v) is 3.85. The van der Waals surface area contributed by atoms with Gasteiger partial charge in [0.05, 0.1) is 7.11 Å². The molecule has 5 nitrogen and oxygen atoms in total. The Labute approximate surface area is 110 Å². The van der Waals surface area contributed by atoms with E-state index in [2.05, 4.69) is 10.6 Å². The molecule has 2 aromatic rings. The molecule has 2 amide bonds. The molecule has 0 spiro atoms. The van der Waals surface area contributed by atoms with Crippen LogP contribution in [0.2, 0.25) is 0 Å². The number of aromatic hydroxyl groups is 1. The fraction of sp³-hybridized carbons (Fsp3) is 0.0714. The first-order valence-electron chi connectivity index (χ1n) is 5.68. The zero-order valence-corrected chi connectivity index (χ0v) is 10.4. The fourth-order valence-electron chi connectivity index (χ4n) is 1.51. The maximum Gasteiger partial charge on any atom is 0.323 e. The summed E-state index contributed by atoms with van der Waals surface area (Å²) in [6.07, 6.45) is 0. The highest BCUT2D eigenvalue weighted by Gasteiger charge is 2.02. The Morgan fingerprint density at radius 1 is 0.947 bits per heavy atom. The molecule has 0 fully saturated rings. The van der Waals surface area contributed by atoms with Gasteiger partial charge in [0, 0.05) is 11.4 Å². The Balaban J connectivity index is 1.95. The molecule has 0 radical (unpaired) electrons. The van der Waals surface area contributed by atoms with E-state index in [0.717, 1.165) is 5.75 Å². The van der Waals surface area contributed by atoms with Crippen LogP contribution in [0.3, 0.4) is 0 Å². The molecule has 0 unspecified atom stereocenters. The molecule has 5 heteroatoms. The van der Waals surface area contributed by atoms with Gasteiger partial charge in [-0.1, -0.05) is 0 Å². The molecule has 2 aromatic carbocycles. The van der Waals surface area contributed by atoms with Crippen LogP contribution < -0.4 is 15.4 Å². The molecule has 0 aliphatic carbocycles. The summed E-state index contributed by atoms with van der Waals surface area (Å²) in [6, 6.07) is 12.9. The van der Waals surface area contributed by atoms with Crippen LogP contribution in [0.25, 0.3) is 0 Å². The van der Waals surface area contributed by atoms with E-state index in [9.17, 15) is 4.79 Å². The van der Waals surface area contributed by atoms with Gasteiger partial charge in [0.2, 0.25) is 0 Å². The summed E-state index contributed by atoms with van der Waals surface area (Å²) in [5.74, 6) is 0.880. The molecule has 0 aromatic heterocycles. The predicted octanol–water partition coefficient (Wildman–Crippen LogP) is 3.04. The quantitative estimate of drug-likeness (QED) is 0.741. The molecule has 0 aliphatic rings. The lowest BCUT2D eigenvalue weighted by Crippen LogP contribution is -2.19. The number of rotatable bonds is 3. The highest BCUT2D eigenvalue weighted by molar-refractivity contribution is 5.99. The molecule has 0 saturated carbocycles. The van der Waals surface area contributed by atoms with E-state index in [1.165, 1.54) is 12.1 Å². The summed E-state index contributed by atoms with van der Waals surface area (Å²) in [5, 5.41) is 14.5. The summed E-state index contributed by atoms with van der Waals surface area (Å²) in [4.78, 5) is 11.7. The van der Waals surface area contributed by atoms with Crippen LogP contribution in [0.15, 0.2) is 48.5 Å². The van der Waals surface area contributed by atoms with Crippen molar-refractivity contribution in [3.63, 3.8) is 0 Å². The molecular formula is C14H14N2O3. The zero-order valence-electron chi connectivity index (χ0n) is 10.4. The number of urea groups is 1. The summed E-state index contributed by atoms with van der Waals surface area (Å²) >= 11 is 0. The first-order chi connectivity index (χ1) is 9.17. The topological polar surface area (TPSA) is 70.6 Å². The number of phenols is 1. The number of benzene rings is 2. The third-order valence-corrected chi connectivity index (χ3v) is 2.47. The Morgan fingerprint density at radius 3 is 1.89 bits per heavy atom. The number of nitrogens with one attached hydrogen (secondary N) is 2. The van der Waals surface area contributed by atoms with Gasteiger partial charge in [-0.3, -0.25) is 0 Å². The minimum Gasteiger partial charge on any atom is -0.508 e. The SMILES string of the molecule is COc1ccc(NC(=O)Nc2ccc(O)cc2)cc1. The van der Waals surface area contributed by atoms with Crippen molar-refractivity contribution < 1.29 is 14.6 Å². The van der Waals surface area contributed by atoms with Crippen LogP contribution in [0.4, 0.5) is 16.2 Å². The second-order valence-electron chi connectivity index (χ2n) is 3.85. The molecule has 0 heterocycles. The molecule has 0 aliphatic heterocycles. The Hall–Kier alpha value is -2.69. The number of hydrogen-bond acceptors (Lipinski definition) is 3. The number of ether oxygens (including phenoxy) is 1. The molecule has 98 valence electrons. The van der Waals surface area contributed by atoms with Gasteiger partial charge in [0.1, 0.15) is 11.5 Å². The number of phenolic OH excluding ortho intramolecular Hbond substituents is 1. The maximum absolute atomic E-state index is 11.7. The van der Waals surface area contributed by atoms with Crippen molar-refractivity contribution in [3.8, 4) is 11.5 Å². The highest BCUT2D eigenvalue weighted by Crippen LogP contribution is 2.16. The van der Waals surface area contributed by atoms with Crippen molar-refractivity contribution in [1.29, 1.82) is 0 Å². The Morgan fingerprint density at radius 2 is 1.42 bits per heavy atom. The third-order valence-electron chi connectivity index (χ3n) is 2.47. The van der Waals surface area contributed by atoms with Crippen LogP contribution in [-0.2, 0) is 0 Å². The van der Waals surface area contributed by atoms with Crippen LogP contribution in [0.5, 0.6) is 11.5 Å². The normalized spacial score (nSPS) is 9.74. The van der Waals surface area contributed by atoms with Gasteiger partial charge in [-0.05, 0) is 48.5 Å². The van der Waals surface area contributed by atoms with E-state index in [1.807, 2.05) is 0 Å². The van der Waals surface area contributed by atoms with Crippen molar-refractivity contribution in [2.24, 2.45) is 0 Å². The predicted molar refractivity (Wildman–Crippen MR) is 73.7 cm³/mol. The van der Waals surface area contributed by atoms with E-state index in [4.69, 9.17) is 9.84 Å². The monoisotopic (exact) mass is 258 g/mol. The first kappa shape index (κ1) is 12.8. The molecule has 0 saturated heterocycles. The van der Waals surface area contributed by atoms with Crippen molar-refractivity contribution in [2.45, 2.75) is 0 Å². The van der Waals surface area contributed by atoms with Crippen LogP contribution in [-0.4, -0.2) is 18.2 Å². The van der Waals surface area contributed by atoms with Crippen molar-refractivity contribution in [1.82, 2.24) is 0 Å². The average Bonchev–Trinajstić information content (AvgIpc) is 2.42. The minimum absolute atomic E-state index is 0.154. The lowest BCUT2D eigenvalue weighted by molar-refractivity contribution is 0.262. The van der Waals surface area contributed by atoms with Gasteiger partial charge in [0.25, 0.3) is 0 Å². The summed E-state index contributed by atoms with van der Waals surface area (Å²) in [6.45, 7) is 0. The average molecular weight is 258 g/mol. The van der Waals surface area contributed by atoms with E-state index in [1.54, 1.807) is 43.5 Å².